The minimum atomic E-state index is -0.913. The van der Waals surface area contributed by atoms with Crippen LogP contribution in [-0.4, -0.2) is 23.2 Å². The van der Waals surface area contributed by atoms with E-state index < -0.39 is 16.4 Å². The highest BCUT2D eigenvalue weighted by atomic mass is 19.1. The normalized spacial score (nSPS) is 12.5. The van der Waals surface area contributed by atoms with Gasteiger partial charge in [-0.15, -0.1) is 0 Å². The average molecular weight is 214 g/mol. The summed E-state index contributed by atoms with van der Waals surface area (Å²) in [7, 11) is 0. The van der Waals surface area contributed by atoms with Crippen LogP contribution in [0.1, 0.15) is 11.5 Å². The third-order valence-corrected chi connectivity index (χ3v) is 2.14. The van der Waals surface area contributed by atoms with Crippen molar-refractivity contribution in [1.82, 2.24) is 0 Å². The van der Waals surface area contributed by atoms with Crippen molar-refractivity contribution in [3.05, 3.63) is 39.7 Å². The van der Waals surface area contributed by atoms with Crippen LogP contribution in [0.5, 0.6) is 0 Å². The van der Waals surface area contributed by atoms with Gasteiger partial charge in [-0.05, 0) is 11.6 Å². The third kappa shape index (κ3) is 2.48. The second-order valence-electron chi connectivity index (χ2n) is 3.08. The van der Waals surface area contributed by atoms with Gasteiger partial charge in [-0.25, -0.2) is 0 Å². The molecule has 6 heteroatoms. The first kappa shape index (κ1) is 11.5. The molecule has 82 valence electrons. The minimum Gasteiger partial charge on any atom is -0.396 e. The molecule has 1 aromatic carbocycles. The van der Waals surface area contributed by atoms with Gasteiger partial charge >= 0.3 is 5.69 Å². The molecule has 1 rings (SSSR count). The number of hydrogen-bond donors (Lipinski definition) is 2. The zero-order chi connectivity index (χ0) is 11.4. The van der Waals surface area contributed by atoms with Crippen molar-refractivity contribution < 1.29 is 14.4 Å². The first-order valence-corrected chi connectivity index (χ1v) is 4.35. The number of nitro groups is 1. The van der Waals surface area contributed by atoms with Crippen molar-refractivity contribution in [2.75, 3.05) is 13.2 Å². The van der Waals surface area contributed by atoms with E-state index >= 15 is 0 Å². The van der Waals surface area contributed by atoms with Crippen molar-refractivity contribution in [2.45, 2.75) is 5.92 Å². The Bertz CT molecular complexity index is 366. The Kier molecular flexibility index (Phi) is 3.70. The van der Waals surface area contributed by atoms with E-state index in [0.29, 0.717) is 5.56 Å². The molecule has 0 radical (unpaired) electrons. The van der Waals surface area contributed by atoms with Gasteiger partial charge in [0.05, 0.1) is 11.5 Å². The molecule has 1 aromatic rings. The van der Waals surface area contributed by atoms with Crippen LogP contribution < -0.4 is 5.73 Å². The summed E-state index contributed by atoms with van der Waals surface area (Å²) in [5.74, 6) is -1.30. The SMILES string of the molecule is NCC(CO)c1ccc([N+](=O)[O-])c(F)c1. The van der Waals surface area contributed by atoms with Gasteiger partial charge in [-0.1, -0.05) is 6.07 Å². The molecule has 0 spiro atoms. The molecular weight excluding hydrogens is 203 g/mol. The summed E-state index contributed by atoms with van der Waals surface area (Å²) in [6, 6.07) is 3.50. The Morgan fingerprint density at radius 1 is 1.60 bits per heavy atom. The van der Waals surface area contributed by atoms with Crippen LogP contribution in [-0.2, 0) is 0 Å². The lowest BCUT2D eigenvalue weighted by atomic mass is 10.00. The van der Waals surface area contributed by atoms with Gasteiger partial charge in [0.15, 0.2) is 0 Å². The molecule has 0 fully saturated rings. The highest BCUT2D eigenvalue weighted by molar-refractivity contribution is 5.36. The first-order chi connectivity index (χ1) is 7.10. The zero-order valence-corrected chi connectivity index (χ0v) is 7.89. The number of benzene rings is 1. The molecule has 1 atom stereocenters. The van der Waals surface area contributed by atoms with Crippen LogP contribution in [0, 0.1) is 15.9 Å². The topological polar surface area (TPSA) is 89.4 Å². The van der Waals surface area contributed by atoms with Crippen LogP contribution in [0.4, 0.5) is 10.1 Å². The lowest BCUT2D eigenvalue weighted by Crippen LogP contribution is -2.16. The molecule has 0 heterocycles. The first-order valence-electron chi connectivity index (χ1n) is 4.35. The predicted octanol–water partition coefficient (Wildman–Crippen LogP) is 0.768. The van der Waals surface area contributed by atoms with Gasteiger partial charge in [-0.2, -0.15) is 4.39 Å². The molecule has 3 N–H and O–H groups in total. The maximum Gasteiger partial charge on any atom is 0.304 e. The summed E-state index contributed by atoms with van der Waals surface area (Å²) in [4.78, 5) is 9.54. The van der Waals surface area contributed by atoms with Crippen molar-refractivity contribution in [2.24, 2.45) is 5.73 Å². The highest BCUT2D eigenvalue weighted by Gasteiger charge is 2.16. The van der Waals surface area contributed by atoms with E-state index in [1.807, 2.05) is 0 Å². The van der Waals surface area contributed by atoms with E-state index in [-0.39, 0.29) is 19.1 Å². The van der Waals surface area contributed by atoms with Crippen molar-refractivity contribution in [3.63, 3.8) is 0 Å². The fourth-order valence-electron chi connectivity index (χ4n) is 1.24. The number of aliphatic hydroxyl groups excluding tert-OH is 1. The predicted molar refractivity (Wildman–Crippen MR) is 51.9 cm³/mol. The monoisotopic (exact) mass is 214 g/mol. The molecular formula is C9H11FN2O3. The molecule has 0 saturated carbocycles. The van der Waals surface area contributed by atoms with Crippen LogP contribution in [0.3, 0.4) is 0 Å². The smallest absolute Gasteiger partial charge is 0.304 e. The lowest BCUT2D eigenvalue weighted by Gasteiger charge is -2.11. The Morgan fingerprint density at radius 3 is 2.67 bits per heavy atom. The molecule has 0 amide bonds. The van der Waals surface area contributed by atoms with Gasteiger partial charge < -0.3 is 10.8 Å². The molecule has 0 aliphatic heterocycles. The van der Waals surface area contributed by atoms with E-state index in [0.717, 1.165) is 12.1 Å². The molecule has 15 heavy (non-hydrogen) atoms. The Hall–Kier alpha value is -1.53. The van der Waals surface area contributed by atoms with Crippen LogP contribution >= 0.6 is 0 Å². The lowest BCUT2D eigenvalue weighted by molar-refractivity contribution is -0.387. The van der Waals surface area contributed by atoms with E-state index in [1.165, 1.54) is 6.07 Å². The molecule has 0 saturated heterocycles. The summed E-state index contributed by atoms with van der Waals surface area (Å²) in [6.07, 6.45) is 0. The number of hydrogen-bond acceptors (Lipinski definition) is 4. The maximum atomic E-state index is 13.2. The summed E-state index contributed by atoms with van der Waals surface area (Å²) in [6.45, 7) is -0.0541. The molecule has 0 aromatic heterocycles. The molecule has 5 nitrogen and oxygen atoms in total. The third-order valence-electron chi connectivity index (χ3n) is 2.14. The fourth-order valence-corrected chi connectivity index (χ4v) is 1.24. The van der Waals surface area contributed by atoms with Gasteiger partial charge in [0, 0.05) is 18.5 Å². The quantitative estimate of drug-likeness (QED) is 0.572. The molecule has 0 aliphatic rings. The van der Waals surface area contributed by atoms with Gasteiger partial charge in [0.1, 0.15) is 0 Å². The maximum absolute atomic E-state index is 13.2. The summed E-state index contributed by atoms with van der Waals surface area (Å²) in [5, 5.41) is 19.2. The molecule has 0 bridgehead atoms. The van der Waals surface area contributed by atoms with Gasteiger partial charge in [0.25, 0.3) is 0 Å². The molecule has 0 aliphatic carbocycles. The average Bonchev–Trinajstić information content (AvgIpc) is 2.19. The van der Waals surface area contributed by atoms with E-state index in [9.17, 15) is 14.5 Å². The summed E-state index contributed by atoms with van der Waals surface area (Å²) < 4.78 is 13.2. The van der Waals surface area contributed by atoms with Gasteiger partial charge in [-0.3, -0.25) is 10.1 Å². The van der Waals surface area contributed by atoms with E-state index in [4.69, 9.17) is 10.8 Å². The second-order valence-corrected chi connectivity index (χ2v) is 3.08. The number of nitro benzene ring substituents is 1. The standard InChI is InChI=1S/C9H11FN2O3/c10-8-3-6(7(4-11)5-13)1-2-9(8)12(14)15/h1-3,7,13H,4-5,11H2. The van der Waals surface area contributed by atoms with Crippen molar-refractivity contribution >= 4 is 5.69 Å². The van der Waals surface area contributed by atoms with Crippen LogP contribution in [0.2, 0.25) is 0 Å². The number of aliphatic hydroxyl groups is 1. The molecule has 1 unspecified atom stereocenters. The Labute approximate surface area is 85.5 Å². The second kappa shape index (κ2) is 4.81. The number of rotatable bonds is 4. The van der Waals surface area contributed by atoms with Gasteiger partial charge in [0.2, 0.25) is 5.82 Å². The summed E-state index contributed by atoms with van der Waals surface area (Å²) >= 11 is 0. The number of nitrogens with zero attached hydrogens (tertiary/aromatic N) is 1. The van der Waals surface area contributed by atoms with E-state index in [1.54, 1.807) is 0 Å². The minimum absolute atomic E-state index is 0.160. The van der Waals surface area contributed by atoms with Crippen LogP contribution in [0.25, 0.3) is 0 Å². The Balaban J connectivity index is 3.05. The highest BCUT2D eigenvalue weighted by Crippen LogP contribution is 2.22. The largest absolute Gasteiger partial charge is 0.396 e. The number of nitrogens with two attached hydrogens (primary N) is 1. The van der Waals surface area contributed by atoms with Crippen molar-refractivity contribution in [1.29, 1.82) is 0 Å². The number of halogens is 1. The van der Waals surface area contributed by atoms with Crippen molar-refractivity contribution in [3.8, 4) is 0 Å². The van der Waals surface area contributed by atoms with Crippen LogP contribution in [0.15, 0.2) is 18.2 Å². The zero-order valence-electron chi connectivity index (χ0n) is 7.89. The Morgan fingerprint density at radius 2 is 2.27 bits per heavy atom. The summed E-state index contributed by atoms with van der Waals surface area (Å²) in [5.41, 5.74) is 5.23. The fraction of sp³-hybridized carbons (Fsp3) is 0.333. The van der Waals surface area contributed by atoms with E-state index in [2.05, 4.69) is 0 Å².